The fraction of sp³-hybridized carbons (Fsp3) is 0.243. The number of aryl methyl sites for hydroxylation is 1. The van der Waals surface area contributed by atoms with Crippen molar-refractivity contribution >= 4 is 34.4 Å². The first-order valence-corrected chi connectivity index (χ1v) is 15.2. The number of amides is 1. The molecule has 0 bridgehead atoms. The van der Waals surface area contributed by atoms with E-state index in [1.54, 1.807) is 6.07 Å². The van der Waals surface area contributed by atoms with Crippen molar-refractivity contribution in [1.82, 2.24) is 10.3 Å². The third kappa shape index (κ3) is 6.37. The third-order valence-electron chi connectivity index (χ3n) is 7.97. The Morgan fingerprint density at radius 2 is 1.53 bits per heavy atom. The van der Waals surface area contributed by atoms with Gasteiger partial charge in [-0.05, 0) is 37.5 Å². The summed E-state index contributed by atoms with van der Waals surface area (Å²) in [6.45, 7) is 5.88. The van der Waals surface area contributed by atoms with Gasteiger partial charge in [0.15, 0.2) is 5.60 Å². The van der Waals surface area contributed by atoms with Crippen molar-refractivity contribution in [2.75, 3.05) is 0 Å². The van der Waals surface area contributed by atoms with Gasteiger partial charge in [-0.15, -0.1) is 0 Å². The molecule has 5 nitrogen and oxygen atoms in total. The van der Waals surface area contributed by atoms with E-state index in [1.165, 1.54) is 0 Å². The molecule has 6 heteroatoms. The van der Waals surface area contributed by atoms with Crippen molar-refractivity contribution in [2.45, 2.75) is 51.7 Å². The van der Waals surface area contributed by atoms with Crippen LogP contribution in [0.3, 0.4) is 0 Å². The summed E-state index contributed by atoms with van der Waals surface area (Å²) in [4.78, 5) is 31.0. The van der Waals surface area contributed by atoms with Gasteiger partial charge in [0.05, 0.1) is 0 Å². The molecule has 5 rings (SSSR count). The van der Waals surface area contributed by atoms with Gasteiger partial charge in [0, 0.05) is 44.7 Å². The van der Waals surface area contributed by atoms with Crippen LogP contribution in [0, 0.1) is 12.8 Å². The summed E-state index contributed by atoms with van der Waals surface area (Å²) in [5.74, 6) is -1.07. The van der Waals surface area contributed by atoms with Gasteiger partial charge in [0.1, 0.15) is 6.04 Å². The second-order valence-corrected chi connectivity index (χ2v) is 11.5. The highest BCUT2D eigenvalue weighted by Gasteiger charge is 2.43. The summed E-state index contributed by atoms with van der Waals surface area (Å²) in [7, 11) is 0. The Morgan fingerprint density at radius 3 is 2.26 bits per heavy atom. The van der Waals surface area contributed by atoms with Crippen LogP contribution in [-0.2, 0) is 26.3 Å². The van der Waals surface area contributed by atoms with Crippen molar-refractivity contribution in [2.24, 2.45) is 5.92 Å². The zero-order chi connectivity index (χ0) is 30.4. The van der Waals surface area contributed by atoms with Crippen molar-refractivity contribution < 1.29 is 14.3 Å². The first kappa shape index (κ1) is 30.1. The molecule has 1 aromatic heterocycles. The normalized spacial score (nSPS) is 14.0. The molecule has 2 N–H and O–H groups in total. The fourth-order valence-corrected chi connectivity index (χ4v) is 5.92. The number of nitrogens with one attached hydrogen (secondary N) is 2. The highest BCUT2D eigenvalue weighted by molar-refractivity contribution is 6.31. The zero-order valence-corrected chi connectivity index (χ0v) is 25.5. The first-order chi connectivity index (χ1) is 20.8. The maximum atomic E-state index is 14.2. The lowest BCUT2D eigenvalue weighted by Gasteiger charge is -2.37. The van der Waals surface area contributed by atoms with Crippen LogP contribution in [0.15, 0.2) is 109 Å². The molecule has 4 aromatic carbocycles. The fourth-order valence-electron chi connectivity index (χ4n) is 5.66. The molecular formula is C37H37ClN2O3. The second-order valence-electron chi connectivity index (χ2n) is 11.1. The van der Waals surface area contributed by atoms with E-state index in [1.807, 2.05) is 124 Å². The van der Waals surface area contributed by atoms with Gasteiger partial charge >= 0.3 is 5.97 Å². The molecule has 1 heterocycles. The van der Waals surface area contributed by atoms with Crippen molar-refractivity contribution in [3.05, 3.63) is 142 Å². The van der Waals surface area contributed by atoms with Crippen LogP contribution in [0.5, 0.6) is 0 Å². The summed E-state index contributed by atoms with van der Waals surface area (Å²) in [6, 6.07) is 32.2. The number of H-pyrrole nitrogens is 1. The number of ether oxygens (including phenoxy) is 1. The first-order valence-electron chi connectivity index (χ1n) is 14.8. The Balaban J connectivity index is 1.48. The molecule has 0 fully saturated rings. The number of hydrogen-bond acceptors (Lipinski definition) is 3. The predicted octanol–water partition coefficient (Wildman–Crippen LogP) is 8.13. The number of carbonyl (C=O) groups excluding carboxylic acids is 2. The number of fused-ring (bicyclic) bond motifs is 1. The number of rotatable bonds is 11. The maximum absolute atomic E-state index is 14.2. The molecule has 0 saturated heterocycles. The van der Waals surface area contributed by atoms with Crippen LogP contribution in [-0.4, -0.2) is 22.9 Å². The molecule has 5 aromatic rings. The average Bonchev–Trinajstić information content (AvgIpc) is 3.43. The molecule has 1 amide bonds. The molecule has 0 radical (unpaired) electrons. The largest absolute Gasteiger partial charge is 0.443 e. The standard InChI is InChI=1S/C37H37ClN2O3/c1-4-12-34(40-35(41)26(3)23-27-24-39-33-18-11-8-15-30(27)33)36(42)43-37(28-13-6-5-7-14-28,29-21-19-25(2)20-22-29)31-16-9-10-17-32(31)38/h5-11,13-22,24,26,34,39H,4,12,23H2,1-3H3,(H,40,41). The number of benzene rings is 4. The molecular weight excluding hydrogens is 556 g/mol. The minimum Gasteiger partial charge on any atom is -0.443 e. The number of halogens is 1. The molecule has 3 atom stereocenters. The van der Waals surface area contributed by atoms with Crippen molar-refractivity contribution in [3.8, 4) is 0 Å². The van der Waals surface area contributed by atoms with Gasteiger partial charge in [0.2, 0.25) is 5.91 Å². The quantitative estimate of drug-likeness (QED) is 0.120. The Hall–Kier alpha value is -4.35. The Morgan fingerprint density at radius 1 is 0.884 bits per heavy atom. The molecule has 43 heavy (non-hydrogen) atoms. The number of hydrogen-bond donors (Lipinski definition) is 2. The van der Waals surface area contributed by atoms with Gasteiger partial charge in [-0.3, -0.25) is 4.79 Å². The highest BCUT2D eigenvalue weighted by Crippen LogP contribution is 2.44. The molecule has 0 aliphatic rings. The van der Waals surface area contributed by atoms with E-state index in [2.05, 4.69) is 10.3 Å². The number of aromatic nitrogens is 1. The predicted molar refractivity (Wildman–Crippen MR) is 173 cm³/mol. The van der Waals surface area contributed by atoms with Crippen LogP contribution in [0.2, 0.25) is 5.02 Å². The summed E-state index contributed by atoms with van der Waals surface area (Å²) in [5, 5.41) is 4.59. The molecule has 0 saturated carbocycles. The van der Waals surface area contributed by atoms with Gasteiger partial charge in [-0.2, -0.15) is 0 Å². The van der Waals surface area contributed by atoms with E-state index in [9.17, 15) is 9.59 Å². The summed E-state index contributed by atoms with van der Waals surface area (Å²) >= 11 is 6.84. The number of esters is 1. The Kier molecular flexibility index (Phi) is 9.32. The lowest BCUT2D eigenvalue weighted by Crippen LogP contribution is -2.47. The van der Waals surface area contributed by atoms with E-state index < -0.39 is 17.6 Å². The van der Waals surface area contributed by atoms with Crippen molar-refractivity contribution in [3.63, 3.8) is 0 Å². The molecule has 220 valence electrons. The maximum Gasteiger partial charge on any atom is 0.330 e. The summed E-state index contributed by atoms with van der Waals surface area (Å²) < 4.78 is 6.63. The van der Waals surface area contributed by atoms with Gasteiger partial charge in [0.25, 0.3) is 0 Å². The van der Waals surface area contributed by atoms with E-state index in [0.717, 1.165) is 33.2 Å². The lowest BCUT2D eigenvalue weighted by molar-refractivity contribution is -0.157. The van der Waals surface area contributed by atoms with Crippen LogP contribution in [0.25, 0.3) is 10.9 Å². The molecule has 3 unspecified atom stereocenters. The monoisotopic (exact) mass is 592 g/mol. The number of carbonyl (C=O) groups is 2. The van der Waals surface area contributed by atoms with E-state index in [0.29, 0.717) is 29.8 Å². The minimum atomic E-state index is -1.34. The highest BCUT2D eigenvalue weighted by atomic mass is 35.5. The molecule has 0 spiro atoms. The van der Waals surface area contributed by atoms with Gasteiger partial charge in [-0.25, -0.2) is 4.79 Å². The molecule has 0 aliphatic heterocycles. The van der Waals surface area contributed by atoms with E-state index in [4.69, 9.17) is 16.3 Å². The summed E-state index contributed by atoms with van der Waals surface area (Å²) in [5.41, 5.74) is 4.01. The van der Waals surface area contributed by atoms with Crippen LogP contribution < -0.4 is 5.32 Å². The van der Waals surface area contributed by atoms with Crippen LogP contribution in [0.4, 0.5) is 0 Å². The molecule has 0 aliphatic carbocycles. The van der Waals surface area contributed by atoms with E-state index in [-0.39, 0.29) is 11.8 Å². The Bertz CT molecular complexity index is 1700. The zero-order valence-electron chi connectivity index (χ0n) is 24.8. The average molecular weight is 593 g/mol. The van der Waals surface area contributed by atoms with Gasteiger partial charge < -0.3 is 15.0 Å². The third-order valence-corrected chi connectivity index (χ3v) is 8.30. The Labute approximate surface area is 258 Å². The van der Waals surface area contributed by atoms with Gasteiger partial charge in [-0.1, -0.05) is 128 Å². The van der Waals surface area contributed by atoms with E-state index >= 15 is 0 Å². The smallest absolute Gasteiger partial charge is 0.330 e. The second kappa shape index (κ2) is 13.3. The SMILES string of the molecule is CCCC(NC(=O)C(C)Cc1c[nH]c2ccccc12)C(=O)OC(c1ccccc1)(c1ccc(C)cc1)c1ccccc1Cl. The van der Waals surface area contributed by atoms with Crippen LogP contribution >= 0.6 is 11.6 Å². The van der Waals surface area contributed by atoms with Crippen LogP contribution in [0.1, 0.15) is 54.5 Å². The topological polar surface area (TPSA) is 71.2 Å². The summed E-state index contributed by atoms with van der Waals surface area (Å²) in [6.07, 6.45) is 3.61. The number of para-hydroxylation sites is 1. The number of aromatic amines is 1. The van der Waals surface area contributed by atoms with Crippen molar-refractivity contribution in [1.29, 1.82) is 0 Å². The lowest BCUT2D eigenvalue weighted by atomic mass is 9.79. The minimum absolute atomic E-state index is 0.195.